The zero-order chi connectivity index (χ0) is 21.7. The second-order valence-corrected chi connectivity index (χ2v) is 10.2. The second-order valence-electron chi connectivity index (χ2n) is 6.41. The maximum atomic E-state index is 12.9. The number of carbonyl (C=O) groups excluding carboxylic acids is 2. The van der Waals surface area contributed by atoms with Gasteiger partial charge in [0.1, 0.15) is 6.54 Å². The van der Waals surface area contributed by atoms with Crippen molar-refractivity contribution in [3.63, 3.8) is 0 Å². The number of hydrogen-bond acceptors (Lipinski definition) is 5. The Balaban J connectivity index is 1.84. The summed E-state index contributed by atoms with van der Waals surface area (Å²) in [6.45, 7) is 0.514. The number of sulfonamides is 1. The van der Waals surface area contributed by atoms with Crippen LogP contribution >= 0.6 is 27.3 Å². The molecule has 156 valence electrons. The smallest absolute Gasteiger partial charge is 0.266 e. The van der Waals surface area contributed by atoms with Gasteiger partial charge in [-0.25, -0.2) is 12.7 Å². The number of amides is 2. The number of nitrogens with one attached hydrogen (secondary N) is 1. The first-order valence-electron chi connectivity index (χ1n) is 8.95. The molecular weight excluding hydrogens is 488 g/mol. The molecule has 9 heteroatoms. The van der Waals surface area contributed by atoms with E-state index in [4.69, 9.17) is 0 Å². The van der Waals surface area contributed by atoms with Crippen LogP contribution in [0.25, 0.3) is 0 Å². The van der Waals surface area contributed by atoms with E-state index in [-0.39, 0.29) is 4.90 Å². The van der Waals surface area contributed by atoms with Gasteiger partial charge in [-0.15, -0.1) is 11.3 Å². The van der Waals surface area contributed by atoms with Crippen LogP contribution in [-0.4, -0.2) is 31.1 Å². The van der Waals surface area contributed by atoms with Crippen molar-refractivity contribution in [3.05, 3.63) is 87.0 Å². The molecule has 0 aliphatic heterocycles. The number of benzene rings is 2. The lowest BCUT2D eigenvalue weighted by molar-refractivity contribution is -0.130. The van der Waals surface area contributed by atoms with Gasteiger partial charge in [0, 0.05) is 16.3 Å². The third kappa shape index (κ3) is 5.16. The molecule has 0 spiro atoms. The van der Waals surface area contributed by atoms with Crippen LogP contribution in [0, 0.1) is 0 Å². The number of thiophene rings is 1. The zero-order valence-electron chi connectivity index (χ0n) is 16.0. The maximum absolute atomic E-state index is 12.9. The number of hydrogen-bond donors (Lipinski definition) is 1. The van der Waals surface area contributed by atoms with E-state index in [9.17, 15) is 18.0 Å². The lowest BCUT2D eigenvalue weighted by Gasteiger charge is -2.23. The first-order chi connectivity index (χ1) is 14.3. The molecule has 0 saturated carbocycles. The highest BCUT2D eigenvalue weighted by atomic mass is 79.9. The van der Waals surface area contributed by atoms with Crippen molar-refractivity contribution in [2.24, 2.45) is 0 Å². The van der Waals surface area contributed by atoms with Gasteiger partial charge < -0.3 is 5.32 Å². The van der Waals surface area contributed by atoms with Crippen LogP contribution < -0.4 is 5.32 Å². The van der Waals surface area contributed by atoms with Crippen LogP contribution in [0.4, 0.5) is 0 Å². The Hall–Kier alpha value is -2.49. The standard InChI is InChI=1S/C21H19BrN2O4S2/c1-15(25)24(30(27,28)18-11-9-17(22)10-12-18)14-20(26)23-21(19-8-5-13-29-19)16-6-3-2-4-7-16/h2-13,21H,14H2,1H3,(H,23,26). The number of halogens is 1. The molecule has 1 atom stereocenters. The Morgan fingerprint density at radius 1 is 1.03 bits per heavy atom. The Morgan fingerprint density at radius 2 is 1.70 bits per heavy atom. The highest BCUT2D eigenvalue weighted by Gasteiger charge is 2.30. The predicted octanol–water partition coefficient (Wildman–Crippen LogP) is 3.95. The minimum Gasteiger partial charge on any atom is -0.343 e. The van der Waals surface area contributed by atoms with Crippen molar-refractivity contribution in [3.8, 4) is 0 Å². The Kier molecular flexibility index (Phi) is 7.06. The molecule has 1 heterocycles. The van der Waals surface area contributed by atoms with Gasteiger partial charge in [-0.1, -0.05) is 52.3 Å². The van der Waals surface area contributed by atoms with Crippen LogP contribution in [-0.2, 0) is 19.6 Å². The molecule has 2 amide bonds. The van der Waals surface area contributed by atoms with E-state index in [1.807, 2.05) is 47.8 Å². The molecule has 2 aromatic carbocycles. The van der Waals surface area contributed by atoms with Gasteiger partial charge in [-0.3, -0.25) is 9.59 Å². The molecule has 1 unspecified atom stereocenters. The van der Waals surface area contributed by atoms with Gasteiger partial charge in [0.2, 0.25) is 11.8 Å². The van der Waals surface area contributed by atoms with Crippen molar-refractivity contribution in [1.82, 2.24) is 9.62 Å². The highest BCUT2D eigenvalue weighted by molar-refractivity contribution is 9.10. The lowest BCUT2D eigenvalue weighted by Crippen LogP contribution is -2.44. The minimum atomic E-state index is -4.16. The lowest BCUT2D eigenvalue weighted by atomic mass is 10.1. The minimum absolute atomic E-state index is 0.0634. The average Bonchev–Trinajstić information content (AvgIpc) is 3.25. The molecule has 0 saturated heterocycles. The van der Waals surface area contributed by atoms with Crippen LogP contribution in [0.1, 0.15) is 23.4 Å². The largest absolute Gasteiger partial charge is 0.343 e. The van der Waals surface area contributed by atoms with Gasteiger partial charge in [0.15, 0.2) is 0 Å². The van der Waals surface area contributed by atoms with E-state index in [1.54, 1.807) is 12.1 Å². The zero-order valence-corrected chi connectivity index (χ0v) is 19.2. The Morgan fingerprint density at radius 3 is 2.27 bits per heavy atom. The van der Waals surface area contributed by atoms with Crippen molar-refractivity contribution >= 4 is 49.1 Å². The Labute approximate surface area is 187 Å². The second kappa shape index (κ2) is 9.55. The molecule has 0 radical (unpaired) electrons. The van der Waals surface area contributed by atoms with E-state index in [0.29, 0.717) is 8.78 Å². The molecule has 0 fully saturated rings. The van der Waals surface area contributed by atoms with Crippen LogP contribution in [0.3, 0.4) is 0 Å². The number of carbonyl (C=O) groups is 2. The third-order valence-electron chi connectivity index (χ3n) is 4.31. The molecule has 6 nitrogen and oxygen atoms in total. The average molecular weight is 507 g/mol. The van der Waals surface area contributed by atoms with Crippen molar-refractivity contribution < 1.29 is 18.0 Å². The van der Waals surface area contributed by atoms with Gasteiger partial charge in [-0.2, -0.15) is 0 Å². The van der Waals surface area contributed by atoms with E-state index in [1.165, 1.54) is 23.5 Å². The molecule has 3 rings (SSSR count). The summed E-state index contributed by atoms with van der Waals surface area (Å²) in [4.78, 5) is 25.7. The predicted molar refractivity (Wildman–Crippen MR) is 119 cm³/mol. The monoisotopic (exact) mass is 506 g/mol. The van der Waals surface area contributed by atoms with Crippen LogP contribution in [0.5, 0.6) is 0 Å². The first-order valence-corrected chi connectivity index (χ1v) is 12.1. The number of rotatable bonds is 7. The molecule has 3 aromatic rings. The summed E-state index contributed by atoms with van der Waals surface area (Å²) in [5, 5.41) is 4.76. The quantitative estimate of drug-likeness (QED) is 0.525. The molecule has 30 heavy (non-hydrogen) atoms. The summed E-state index contributed by atoms with van der Waals surface area (Å²) in [6, 6.07) is 18.6. The fraction of sp³-hybridized carbons (Fsp3) is 0.143. The van der Waals surface area contributed by atoms with E-state index in [2.05, 4.69) is 21.2 Å². The maximum Gasteiger partial charge on any atom is 0.266 e. The van der Waals surface area contributed by atoms with Gasteiger partial charge >= 0.3 is 0 Å². The molecule has 1 aromatic heterocycles. The normalized spacial score (nSPS) is 12.2. The molecule has 0 aliphatic rings. The third-order valence-corrected chi connectivity index (χ3v) is 7.61. The van der Waals surface area contributed by atoms with Gasteiger partial charge in [-0.05, 0) is 41.3 Å². The molecule has 1 N–H and O–H groups in total. The highest BCUT2D eigenvalue weighted by Crippen LogP contribution is 2.26. The van der Waals surface area contributed by atoms with E-state index < -0.39 is 34.4 Å². The topological polar surface area (TPSA) is 83.6 Å². The fourth-order valence-electron chi connectivity index (χ4n) is 2.86. The van der Waals surface area contributed by atoms with Gasteiger partial charge in [0.25, 0.3) is 10.0 Å². The SMILES string of the molecule is CC(=O)N(CC(=O)NC(c1ccccc1)c1cccs1)S(=O)(=O)c1ccc(Br)cc1. The molecule has 0 aliphatic carbocycles. The van der Waals surface area contributed by atoms with Crippen LogP contribution in [0.15, 0.2) is 81.5 Å². The van der Waals surface area contributed by atoms with Crippen LogP contribution in [0.2, 0.25) is 0 Å². The first kappa shape index (κ1) is 22.2. The summed E-state index contributed by atoms with van der Waals surface area (Å²) in [7, 11) is -4.16. The van der Waals surface area contributed by atoms with Gasteiger partial charge in [0.05, 0.1) is 10.9 Å². The van der Waals surface area contributed by atoms with Crippen molar-refractivity contribution in [1.29, 1.82) is 0 Å². The summed E-state index contributed by atoms with van der Waals surface area (Å²) in [5.41, 5.74) is 0.860. The summed E-state index contributed by atoms with van der Waals surface area (Å²) in [6.07, 6.45) is 0. The molecular formula is C21H19BrN2O4S2. The number of nitrogens with zero attached hydrogens (tertiary/aromatic N) is 1. The Bertz CT molecular complexity index is 1120. The summed E-state index contributed by atoms with van der Waals surface area (Å²) < 4.78 is 27.1. The van der Waals surface area contributed by atoms with E-state index >= 15 is 0 Å². The molecule has 0 bridgehead atoms. The fourth-order valence-corrected chi connectivity index (χ4v) is 5.28. The van der Waals surface area contributed by atoms with E-state index in [0.717, 1.165) is 17.4 Å². The van der Waals surface area contributed by atoms with Crippen molar-refractivity contribution in [2.45, 2.75) is 17.9 Å². The summed E-state index contributed by atoms with van der Waals surface area (Å²) >= 11 is 4.73. The van der Waals surface area contributed by atoms with Crippen molar-refractivity contribution in [2.75, 3.05) is 6.54 Å². The summed E-state index contributed by atoms with van der Waals surface area (Å²) in [5.74, 6) is -1.31.